The van der Waals surface area contributed by atoms with Crippen molar-refractivity contribution in [3.05, 3.63) is 18.3 Å². The highest BCUT2D eigenvalue weighted by Gasteiger charge is 2.20. The molecule has 1 aromatic carbocycles. The Hall–Kier alpha value is -2.37. The molecule has 2 rings (SSSR count). The van der Waals surface area contributed by atoms with Crippen LogP contribution >= 0.6 is 0 Å². The molecule has 0 radical (unpaired) electrons. The SMILES string of the molecule is COc1ccc(-c2cn[nH]c2N)c(OC(C)C)c1OC. The number of aromatic nitrogens is 2. The van der Waals surface area contributed by atoms with Crippen LogP contribution in [0.3, 0.4) is 0 Å². The molecule has 0 spiro atoms. The Morgan fingerprint density at radius 2 is 1.85 bits per heavy atom. The summed E-state index contributed by atoms with van der Waals surface area (Å²) >= 11 is 0. The predicted molar refractivity (Wildman–Crippen MR) is 77.3 cm³/mol. The zero-order valence-electron chi connectivity index (χ0n) is 12.1. The number of nitrogens with two attached hydrogens (primary N) is 1. The van der Waals surface area contributed by atoms with Gasteiger partial charge in [0.05, 0.1) is 26.5 Å². The molecular weight excluding hydrogens is 258 g/mol. The van der Waals surface area contributed by atoms with E-state index in [9.17, 15) is 0 Å². The normalized spacial score (nSPS) is 10.7. The lowest BCUT2D eigenvalue weighted by Gasteiger charge is -2.19. The smallest absolute Gasteiger partial charge is 0.203 e. The Labute approximate surface area is 117 Å². The van der Waals surface area contributed by atoms with Crippen LogP contribution < -0.4 is 19.9 Å². The molecule has 1 aromatic heterocycles. The van der Waals surface area contributed by atoms with Crippen molar-refractivity contribution < 1.29 is 14.2 Å². The molecule has 0 fully saturated rings. The topological polar surface area (TPSA) is 82.4 Å². The molecular formula is C14H19N3O3. The number of H-pyrrole nitrogens is 1. The molecule has 2 aromatic rings. The highest BCUT2D eigenvalue weighted by Crippen LogP contribution is 2.45. The lowest BCUT2D eigenvalue weighted by atomic mass is 10.1. The molecule has 0 aliphatic carbocycles. The van der Waals surface area contributed by atoms with Gasteiger partial charge in [0, 0.05) is 11.1 Å². The molecule has 0 bridgehead atoms. The van der Waals surface area contributed by atoms with E-state index in [0.717, 1.165) is 11.1 Å². The molecule has 0 saturated heterocycles. The number of hydrogen-bond acceptors (Lipinski definition) is 5. The minimum Gasteiger partial charge on any atom is -0.493 e. The Kier molecular flexibility index (Phi) is 4.02. The average Bonchev–Trinajstić information content (AvgIpc) is 2.83. The molecule has 6 heteroatoms. The van der Waals surface area contributed by atoms with Gasteiger partial charge in [0.25, 0.3) is 0 Å². The number of hydrogen-bond donors (Lipinski definition) is 2. The molecule has 3 N–H and O–H groups in total. The largest absolute Gasteiger partial charge is 0.493 e. The highest BCUT2D eigenvalue weighted by atomic mass is 16.5. The molecule has 0 amide bonds. The quantitative estimate of drug-likeness (QED) is 0.877. The van der Waals surface area contributed by atoms with Crippen molar-refractivity contribution in [1.82, 2.24) is 10.2 Å². The number of rotatable bonds is 5. The van der Waals surface area contributed by atoms with Gasteiger partial charge in [0.2, 0.25) is 5.75 Å². The fraction of sp³-hybridized carbons (Fsp3) is 0.357. The summed E-state index contributed by atoms with van der Waals surface area (Å²) in [7, 11) is 3.16. The number of nitrogens with zero attached hydrogens (tertiary/aromatic N) is 1. The summed E-state index contributed by atoms with van der Waals surface area (Å²) < 4.78 is 16.6. The van der Waals surface area contributed by atoms with E-state index in [0.29, 0.717) is 23.1 Å². The first kappa shape index (κ1) is 14.0. The van der Waals surface area contributed by atoms with Crippen molar-refractivity contribution in [1.29, 1.82) is 0 Å². The molecule has 20 heavy (non-hydrogen) atoms. The summed E-state index contributed by atoms with van der Waals surface area (Å²) in [5.74, 6) is 2.22. The Morgan fingerprint density at radius 1 is 1.10 bits per heavy atom. The zero-order valence-corrected chi connectivity index (χ0v) is 12.1. The summed E-state index contributed by atoms with van der Waals surface area (Å²) in [6, 6.07) is 3.69. The van der Waals surface area contributed by atoms with Gasteiger partial charge in [0.15, 0.2) is 11.5 Å². The van der Waals surface area contributed by atoms with Gasteiger partial charge in [-0.05, 0) is 26.0 Å². The van der Waals surface area contributed by atoms with Gasteiger partial charge in [-0.1, -0.05) is 0 Å². The monoisotopic (exact) mass is 277 g/mol. The van der Waals surface area contributed by atoms with E-state index < -0.39 is 0 Å². The van der Waals surface area contributed by atoms with E-state index in [2.05, 4.69) is 10.2 Å². The average molecular weight is 277 g/mol. The van der Waals surface area contributed by atoms with Gasteiger partial charge in [0.1, 0.15) is 5.82 Å². The third kappa shape index (κ3) is 2.49. The predicted octanol–water partition coefficient (Wildman–Crippen LogP) is 2.46. The van der Waals surface area contributed by atoms with E-state index in [4.69, 9.17) is 19.9 Å². The highest BCUT2D eigenvalue weighted by molar-refractivity contribution is 5.81. The molecule has 1 heterocycles. The van der Waals surface area contributed by atoms with Crippen molar-refractivity contribution in [3.8, 4) is 28.4 Å². The van der Waals surface area contributed by atoms with Crippen LogP contribution in [-0.4, -0.2) is 30.5 Å². The van der Waals surface area contributed by atoms with E-state index in [1.807, 2.05) is 26.0 Å². The van der Waals surface area contributed by atoms with Gasteiger partial charge in [-0.2, -0.15) is 5.10 Å². The summed E-state index contributed by atoms with van der Waals surface area (Å²) in [6.45, 7) is 3.89. The third-order valence-electron chi connectivity index (χ3n) is 2.81. The van der Waals surface area contributed by atoms with Crippen molar-refractivity contribution in [2.45, 2.75) is 20.0 Å². The van der Waals surface area contributed by atoms with E-state index in [1.165, 1.54) is 0 Å². The Balaban J connectivity index is 2.64. The van der Waals surface area contributed by atoms with Gasteiger partial charge >= 0.3 is 0 Å². The summed E-state index contributed by atoms with van der Waals surface area (Å²) in [5.41, 5.74) is 7.46. The van der Waals surface area contributed by atoms with E-state index in [1.54, 1.807) is 20.4 Å². The van der Waals surface area contributed by atoms with Crippen molar-refractivity contribution in [3.63, 3.8) is 0 Å². The third-order valence-corrected chi connectivity index (χ3v) is 2.81. The zero-order chi connectivity index (χ0) is 14.7. The first-order valence-corrected chi connectivity index (χ1v) is 6.29. The first-order valence-electron chi connectivity index (χ1n) is 6.29. The molecule has 0 aliphatic heterocycles. The van der Waals surface area contributed by atoms with Crippen LogP contribution in [0.15, 0.2) is 18.3 Å². The van der Waals surface area contributed by atoms with Crippen molar-refractivity contribution in [2.75, 3.05) is 20.0 Å². The number of ether oxygens (including phenoxy) is 3. The Morgan fingerprint density at radius 3 is 2.35 bits per heavy atom. The second-order valence-corrected chi connectivity index (χ2v) is 4.54. The fourth-order valence-corrected chi connectivity index (χ4v) is 1.97. The summed E-state index contributed by atoms with van der Waals surface area (Å²) in [6.07, 6.45) is 1.65. The maximum atomic E-state index is 5.89. The molecule has 0 saturated carbocycles. The summed E-state index contributed by atoms with van der Waals surface area (Å²) in [5, 5.41) is 6.65. The van der Waals surface area contributed by atoms with Crippen LogP contribution in [0.25, 0.3) is 11.1 Å². The van der Waals surface area contributed by atoms with Gasteiger partial charge in [-0.3, -0.25) is 5.10 Å². The number of nitrogens with one attached hydrogen (secondary N) is 1. The minimum absolute atomic E-state index is 0.0112. The molecule has 6 nitrogen and oxygen atoms in total. The van der Waals surface area contributed by atoms with Crippen LogP contribution in [-0.2, 0) is 0 Å². The van der Waals surface area contributed by atoms with E-state index in [-0.39, 0.29) is 6.10 Å². The van der Waals surface area contributed by atoms with Crippen molar-refractivity contribution >= 4 is 5.82 Å². The van der Waals surface area contributed by atoms with Gasteiger partial charge in [-0.25, -0.2) is 0 Å². The summed E-state index contributed by atoms with van der Waals surface area (Å²) in [4.78, 5) is 0. The number of methoxy groups -OCH3 is 2. The molecule has 0 unspecified atom stereocenters. The Bertz CT molecular complexity index is 593. The number of aromatic amines is 1. The van der Waals surface area contributed by atoms with Crippen molar-refractivity contribution in [2.24, 2.45) is 0 Å². The lowest BCUT2D eigenvalue weighted by Crippen LogP contribution is -2.08. The maximum absolute atomic E-state index is 5.89. The van der Waals surface area contributed by atoms with Crippen LogP contribution in [0.2, 0.25) is 0 Å². The number of nitrogen functional groups attached to an aromatic ring is 1. The standard InChI is InChI=1S/C14H19N3O3/c1-8(2)20-12-9(10-7-16-17-14(10)15)5-6-11(18-3)13(12)19-4/h5-8H,1-4H3,(H3,15,16,17). The molecule has 0 aliphatic rings. The second kappa shape index (κ2) is 5.73. The molecule has 0 atom stereocenters. The van der Waals surface area contributed by atoms with Gasteiger partial charge in [-0.15, -0.1) is 0 Å². The van der Waals surface area contributed by atoms with Crippen LogP contribution in [0, 0.1) is 0 Å². The van der Waals surface area contributed by atoms with Crippen LogP contribution in [0.5, 0.6) is 17.2 Å². The van der Waals surface area contributed by atoms with E-state index >= 15 is 0 Å². The number of anilines is 1. The maximum Gasteiger partial charge on any atom is 0.203 e. The molecule has 108 valence electrons. The minimum atomic E-state index is -0.0112. The second-order valence-electron chi connectivity index (χ2n) is 4.54. The lowest BCUT2D eigenvalue weighted by molar-refractivity contribution is 0.227. The first-order chi connectivity index (χ1) is 9.58. The fourth-order valence-electron chi connectivity index (χ4n) is 1.97. The van der Waals surface area contributed by atoms with Crippen LogP contribution in [0.4, 0.5) is 5.82 Å². The number of benzene rings is 1. The van der Waals surface area contributed by atoms with Gasteiger partial charge < -0.3 is 19.9 Å². The van der Waals surface area contributed by atoms with Crippen LogP contribution in [0.1, 0.15) is 13.8 Å².